The summed E-state index contributed by atoms with van der Waals surface area (Å²) in [5.41, 5.74) is 1.48. The summed E-state index contributed by atoms with van der Waals surface area (Å²) < 4.78 is 0. The number of aromatic nitrogens is 1. The van der Waals surface area contributed by atoms with Gasteiger partial charge in [-0.3, -0.25) is 25.2 Å². The van der Waals surface area contributed by atoms with E-state index in [0.717, 1.165) is 11.6 Å². The summed E-state index contributed by atoms with van der Waals surface area (Å²) in [6.07, 6.45) is 1.88. The molecule has 0 aliphatic heterocycles. The van der Waals surface area contributed by atoms with Gasteiger partial charge in [0.15, 0.2) is 0 Å². The van der Waals surface area contributed by atoms with E-state index in [2.05, 4.69) is 4.98 Å². The molecule has 0 amide bonds. The molecule has 2 aromatic rings. The molecule has 0 fully saturated rings. The number of benzene rings is 1. The standard InChI is InChI=1S/C13H11N3O4/c1-9-3-2-6-14-12(9)7-10-4-5-11(15(17)18)8-13(10)16(19)20/h2-6,8H,7H2,1H3. The molecular weight excluding hydrogens is 262 g/mol. The fraction of sp³-hybridized carbons (Fsp3) is 0.154. The molecule has 0 N–H and O–H groups in total. The van der Waals surface area contributed by atoms with Crippen LogP contribution in [-0.2, 0) is 6.42 Å². The third-order valence-electron chi connectivity index (χ3n) is 2.95. The number of nitro benzene ring substituents is 2. The van der Waals surface area contributed by atoms with Crippen molar-refractivity contribution in [1.29, 1.82) is 0 Å². The zero-order valence-corrected chi connectivity index (χ0v) is 10.6. The maximum Gasteiger partial charge on any atom is 0.279 e. The van der Waals surface area contributed by atoms with Crippen LogP contribution in [-0.4, -0.2) is 14.8 Å². The van der Waals surface area contributed by atoms with E-state index in [1.165, 1.54) is 12.1 Å². The molecule has 7 nitrogen and oxygen atoms in total. The minimum atomic E-state index is -0.650. The van der Waals surface area contributed by atoms with Crippen LogP contribution in [0.3, 0.4) is 0 Å². The second kappa shape index (κ2) is 5.43. The molecule has 0 saturated heterocycles. The van der Waals surface area contributed by atoms with Crippen LogP contribution in [0.25, 0.3) is 0 Å². The first-order valence-electron chi connectivity index (χ1n) is 5.81. The average Bonchev–Trinajstić information content (AvgIpc) is 2.41. The van der Waals surface area contributed by atoms with Crippen LogP contribution in [0.1, 0.15) is 16.8 Å². The van der Waals surface area contributed by atoms with Crippen LogP contribution in [0, 0.1) is 27.2 Å². The van der Waals surface area contributed by atoms with Gasteiger partial charge in [0.2, 0.25) is 0 Å². The van der Waals surface area contributed by atoms with Gasteiger partial charge in [0, 0.05) is 29.9 Å². The van der Waals surface area contributed by atoms with Crippen LogP contribution in [0.2, 0.25) is 0 Å². The monoisotopic (exact) mass is 273 g/mol. The Kier molecular flexibility index (Phi) is 3.69. The average molecular weight is 273 g/mol. The molecule has 7 heteroatoms. The van der Waals surface area contributed by atoms with Crippen molar-refractivity contribution in [1.82, 2.24) is 4.98 Å². The summed E-state index contributed by atoms with van der Waals surface area (Å²) in [4.78, 5) is 24.6. The van der Waals surface area contributed by atoms with Gasteiger partial charge in [-0.15, -0.1) is 0 Å². The van der Waals surface area contributed by atoms with E-state index in [1.807, 2.05) is 13.0 Å². The molecule has 20 heavy (non-hydrogen) atoms. The van der Waals surface area contributed by atoms with Gasteiger partial charge >= 0.3 is 0 Å². The molecule has 0 spiro atoms. The van der Waals surface area contributed by atoms with Gasteiger partial charge in [0.1, 0.15) is 0 Å². The Labute approximate surface area is 114 Å². The predicted octanol–water partition coefficient (Wildman–Crippen LogP) is 2.80. The Balaban J connectivity index is 2.44. The highest BCUT2D eigenvalue weighted by atomic mass is 16.6. The Morgan fingerprint density at radius 3 is 2.50 bits per heavy atom. The summed E-state index contributed by atoms with van der Waals surface area (Å²) in [5, 5.41) is 21.7. The van der Waals surface area contributed by atoms with E-state index in [9.17, 15) is 20.2 Å². The quantitative estimate of drug-likeness (QED) is 0.629. The third kappa shape index (κ3) is 2.77. The number of hydrogen-bond donors (Lipinski definition) is 0. The van der Waals surface area contributed by atoms with Gasteiger partial charge in [0.05, 0.1) is 15.9 Å². The highest BCUT2D eigenvalue weighted by Crippen LogP contribution is 2.26. The fourth-order valence-corrected chi connectivity index (χ4v) is 1.87. The molecular formula is C13H11N3O4. The maximum absolute atomic E-state index is 11.0. The number of aryl methyl sites for hydroxylation is 1. The third-order valence-corrected chi connectivity index (χ3v) is 2.95. The molecule has 0 aliphatic carbocycles. The minimum Gasteiger partial charge on any atom is -0.261 e. The van der Waals surface area contributed by atoms with Crippen molar-refractivity contribution in [3.05, 3.63) is 73.6 Å². The molecule has 0 atom stereocenters. The molecule has 0 bridgehead atoms. The minimum absolute atomic E-state index is 0.260. The van der Waals surface area contributed by atoms with Crippen molar-refractivity contribution >= 4 is 11.4 Å². The molecule has 0 radical (unpaired) electrons. The maximum atomic E-state index is 11.0. The Hall–Kier alpha value is -2.83. The predicted molar refractivity (Wildman–Crippen MR) is 71.5 cm³/mol. The molecule has 0 saturated carbocycles. The number of pyridine rings is 1. The van der Waals surface area contributed by atoms with Crippen molar-refractivity contribution in [3.63, 3.8) is 0 Å². The largest absolute Gasteiger partial charge is 0.279 e. The van der Waals surface area contributed by atoms with E-state index in [-0.39, 0.29) is 17.8 Å². The van der Waals surface area contributed by atoms with Gasteiger partial charge < -0.3 is 0 Å². The lowest BCUT2D eigenvalue weighted by molar-refractivity contribution is -0.394. The van der Waals surface area contributed by atoms with Crippen LogP contribution in [0.5, 0.6) is 0 Å². The van der Waals surface area contributed by atoms with Gasteiger partial charge in [-0.25, -0.2) is 0 Å². The van der Waals surface area contributed by atoms with Gasteiger partial charge in [0.25, 0.3) is 11.4 Å². The Morgan fingerprint density at radius 1 is 1.15 bits per heavy atom. The van der Waals surface area contributed by atoms with Crippen LogP contribution in [0.4, 0.5) is 11.4 Å². The first-order valence-corrected chi connectivity index (χ1v) is 5.81. The first-order chi connectivity index (χ1) is 9.49. The first kappa shape index (κ1) is 13.6. The number of nitrogens with zero attached hydrogens (tertiary/aromatic N) is 3. The zero-order chi connectivity index (χ0) is 14.7. The molecule has 2 rings (SSSR count). The fourth-order valence-electron chi connectivity index (χ4n) is 1.87. The van der Waals surface area contributed by atoms with Crippen molar-refractivity contribution in [2.45, 2.75) is 13.3 Å². The molecule has 1 aromatic carbocycles. The Bertz CT molecular complexity index is 685. The van der Waals surface area contributed by atoms with Crippen molar-refractivity contribution < 1.29 is 9.85 Å². The van der Waals surface area contributed by atoms with Crippen molar-refractivity contribution in [3.8, 4) is 0 Å². The molecule has 1 heterocycles. The topological polar surface area (TPSA) is 99.2 Å². The SMILES string of the molecule is Cc1cccnc1Cc1ccc([N+](=O)[O-])cc1[N+](=O)[O-]. The van der Waals surface area contributed by atoms with Crippen molar-refractivity contribution in [2.75, 3.05) is 0 Å². The highest BCUT2D eigenvalue weighted by Gasteiger charge is 2.20. The van der Waals surface area contributed by atoms with E-state index < -0.39 is 9.85 Å². The Morgan fingerprint density at radius 2 is 1.90 bits per heavy atom. The summed E-state index contributed by atoms with van der Waals surface area (Å²) in [6, 6.07) is 7.29. The van der Waals surface area contributed by atoms with E-state index in [0.29, 0.717) is 11.3 Å². The lowest BCUT2D eigenvalue weighted by Crippen LogP contribution is -2.01. The van der Waals surface area contributed by atoms with E-state index in [1.54, 1.807) is 12.3 Å². The summed E-state index contributed by atoms with van der Waals surface area (Å²) >= 11 is 0. The lowest BCUT2D eigenvalue weighted by atomic mass is 10.0. The van der Waals surface area contributed by atoms with Crippen LogP contribution in [0.15, 0.2) is 36.5 Å². The summed E-state index contributed by atoms with van der Waals surface area (Å²) in [5.74, 6) is 0. The number of hydrogen-bond acceptors (Lipinski definition) is 5. The molecule has 0 unspecified atom stereocenters. The second-order valence-electron chi connectivity index (χ2n) is 4.27. The van der Waals surface area contributed by atoms with Crippen LogP contribution < -0.4 is 0 Å². The number of rotatable bonds is 4. The van der Waals surface area contributed by atoms with Crippen LogP contribution >= 0.6 is 0 Å². The number of non-ortho nitro benzene ring substituents is 1. The normalized spacial score (nSPS) is 10.2. The smallest absolute Gasteiger partial charge is 0.261 e. The zero-order valence-electron chi connectivity index (χ0n) is 10.6. The van der Waals surface area contributed by atoms with Gasteiger partial charge in [-0.1, -0.05) is 6.07 Å². The molecule has 0 aliphatic rings. The van der Waals surface area contributed by atoms with Gasteiger partial charge in [-0.2, -0.15) is 0 Å². The molecule has 102 valence electrons. The molecule has 1 aromatic heterocycles. The van der Waals surface area contributed by atoms with E-state index in [4.69, 9.17) is 0 Å². The second-order valence-corrected chi connectivity index (χ2v) is 4.27. The summed E-state index contributed by atoms with van der Waals surface area (Å²) in [7, 11) is 0. The number of nitro groups is 2. The highest BCUT2D eigenvalue weighted by molar-refractivity contribution is 5.50. The lowest BCUT2D eigenvalue weighted by Gasteiger charge is -2.05. The van der Waals surface area contributed by atoms with Gasteiger partial charge in [-0.05, 0) is 24.6 Å². The summed E-state index contributed by atoms with van der Waals surface area (Å²) in [6.45, 7) is 1.86. The van der Waals surface area contributed by atoms with Crippen molar-refractivity contribution in [2.24, 2.45) is 0 Å². The van der Waals surface area contributed by atoms with E-state index >= 15 is 0 Å².